The first-order chi connectivity index (χ1) is 16.6. The van der Waals surface area contributed by atoms with Gasteiger partial charge in [0.05, 0.1) is 18.1 Å². The molecule has 0 aliphatic heterocycles. The van der Waals surface area contributed by atoms with Crippen LogP contribution in [0.1, 0.15) is 130 Å². The topological polar surface area (TPSA) is 113 Å². The van der Waals surface area contributed by atoms with Crippen molar-refractivity contribution in [1.82, 2.24) is 0 Å². The summed E-state index contributed by atoms with van der Waals surface area (Å²) >= 11 is 0. The van der Waals surface area contributed by atoms with Crippen LogP contribution in [0.3, 0.4) is 0 Å². The molecular weight excluding hydrogens is 501 g/mol. The molecule has 0 unspecified atom stereocenters. The molecule has 1 rings (SSSR count). The summed E-state index contributed by atoms with van der Waals surface area (Å²) < 4.78 is 5.21. The molecule has 6 nitrogen and oxygen atoms in total. The third-order valence-corrected chi connectivity index (χ3v) is 5.68. The molecule has 0 bridgehead atoms. The van der Waals surface area contributed by atoms with Crippen LogP contribution in [0.4, 0.5) is 0 Å². The Morgan fingerprint density at radius 2 is 0.973 bits per heavy atom. The van der Waals surface area contributed by atoms with Crippen LogP contribution in [0.2, 0.25) is 0 Å². The number of benzene rings is 1. The number of carboxylic acids is 1. The summed E-state index contributed by atoms with van der Waals surface area (Å²) in [5.74, 6) is -1.94. The Labute approximate surface area is 292 Å². The van der Waals surface area contributed by atoms with E-state index in [4.69, 9.17) is 14.9 Å². The molecular formula is C28H45Na3O6. The summed E-state index contributed by atoms with van der Waals surface area (Å²) in [6, 6.07) is 6.01. The molecule has 0 N–H and O–H groups in total. The van der Waals surface area contributed by atoms with Gasteiger partial charge < -0.3 is 24.9 Å². The van der Waals surface area contributed by atoms with Gasteiger partial charge in [0.25, 0.3) is 0 Å². The van der Waals surface area contributed by atoms with Gasteiger partial charge in [-0.05, 0) is 12.5 Å². The minimum absolute atomic E-state index is 0. The van der Waals surface area contributed by atoms with Gasteiger partial charge in [-0.3, -0.25) is 0 Å². The summed E-state index contributed by atoms with van der Waals surface area (Å²) in [5, 5.41) is 29.0. The fourth-order valence-electron chi connectivity index (χ4n) is 3.73. The summed E-state index contributed by atoms with van der Waals surface area (Å²) in [7, 11) is 0. The molecule has 0 spiro atoms. The van der Waals surface area contributed by atoms with Gasteiger partial charge >= 0.3 is 94.6 Å². The standard InChI is InChI=1S/C26H42O4.C2H4O2.3Na/c1-2-3-4-5-6-7-8-9-10-11-12-13-14-15-16-19-22-30-26(29)24-21-18-17-20-23(24)25(27)28;3-1-2-4;;;/h17-18,20-21H,2-16,19,22H2,1H3,(H,27,28);1-2H2;;;/q;-2;3*+1/p-1. The van der Waals surface area contributed by atoms with Crippen molar-refractivity contribution in [2.45, 2.75) is 110 Å². The quantitative estimate of drug-likeness (QED) is 0.0922. The number of rotatable bonds is 20. The minimum Gasteiger partial charge on any atom is -0.855 e. The molecule has 37 heavy (non-hydrogen) atoms. The molecule has 196 valence electrons. The zero-order valence-corrected chi connectivity index (χ0v) is 30.2. The van der Waals surface area contributed by atoms with Gasteiger partial charge in [0, 0.05) is 5.56 Å². The van der Waals surface area contributed by atoms with Crippen LogP contribution in [0, 0.1) is 0 Å². The number of esters is 1. The van der Waals surface area contributed by atoms with Crippen LogP contribution in [0.25, 0.3) is 0 Å². The Morgan fingerprint density at radius 3 is 1.32 bits per heavy atom. The maximum atomic E-state index is 12.0. The van der Waals surface area contributed by atoms with Crippen molar-refractivity contribution in [3.05, 3.63) is 35.4 Å². The third kappa shape index (κ3) is 28.4. The molecule has 1 aromatic carbocycles. The fourth-order valence-corrected chi connectivity index (χ4v) is 3.73. The second kappa shape index (κ2) is 35.1. The van der Waals surface area contributed by atoms with Crippen LogP contribution >= 0.6 is 0 Å². The van der Waals surface area contributed by atoms with Crippen molar-refractivity contribution in [2.75, 3.05) is 19.8 Å². The van der Waals surface area contributed by atoms with E-state index in [1.54, 1.807) is 12.1 Å². The molecule has 0 saturated carbocycles. The summed E-state index contributed by atoms with van der Waals surface area (Å²) in [6.07, 6.45) is 20.7. The fraction of sp³-hybridized carbons (Fsp3) is 0.714. The molecule has 0 saturated heterocycles. The molecule has 0 aliphatic carbocycles. The van der Waals surface area contributed by atoms with Gasteiger partial charge in [-0.25, -0.2) is 4.79 Å². The normalized spacial score (nSPS) is 9.59. The first kappa shape index (κ1) is 45.1. The second-order valence-corrected chi connectivity index (χ2v) is 8.68. The smallest absolute Gasteiger partial charge is 0.855 e. The molecule has 0 aliphatic rings. The van der Waals surface area contributed by atoms with Gasteiger partial charge in [-0.2, -0.15) is 13.2 Å². The van der Waals surface area contributed by atoms with Gasteiger partial charge in [0.1, 0.15) is 0 Å². The molecule has 0 fully saturated rings. The largest absolute Gasteiger partial charge is 1.00 e. The van der Waals surface area contributed by atoms with E-state index in [1.165, 1.54) is 95.6 Å². The monoisotopic (exact) mass is 546 g/mol. The maximum Gasteiger partial charge on any atom is 1.00 e. The van der Waals surface area contributed by atoms with Crippen molar-refractivity contribution < 1.29 is 118 Å². The Hall–Kier alpha value is 1.08. The molecule has 9 heteroatoms. The molecule has 0 radical (unpaired) electrons. The van der Waals surface area contributed by atoms with Crippen LogP contribution in [-0.4, -0.2) is 31.8 Å². The number of carboxylic acid groups (broad SMARTS) is 1. The van der Waals surface area contributed by atoms with E-state index < -0.39 is 25.2 Å². The molecule has 0 atom stereocenters. The first-order valence-corrected chi connectivity index (χ1v) is 13.2. The van der Waals surface area contributed by atoms with Crippen LogP contribution in [-0.2, 0) is 4.74 Å². The van der Waals surface area contributed by atoms with Crippen LogP contribution in [0.5, 0.6) is 0 Å². The van der Waals surface area contributed by atoms with E-state index in [0.717, 1.165) is 19.3 Å². The van der Waals surface area contributed by atoms with Crippen molar-refractivity contribution in [3.8, 4) is 0 Å². The summed E-state index contributed by atoms with van der Waals surface area (Å²) in [6.45, 7) is 1.63. The van der Waals surface area contributed by atoms with E-state index in [1.807, 2.05) is 0 Å². The first-order valence-electron chi connectivity index (χ1n) is 13.2. The Bertz CT molecular complexity index is 630. The SMILES string of the molecule is CCCCCCCCCCCCCCCCCCOC(=O)c1ccccc1C(=O)[O-].[Na+].[Na+].[Na+].[O-]CC[O-]. The zero-order chi connectivity index (χ0) is 25.3. The second-order valence-electron chi connectivity index (χ2n) is 8.68. The van der Waals surface area contributed by atoms with E-state index in [9.17, 15) is 14.7 Å². The molecule has 0 heterocycles. The summed E-state index contributed by atoms with van der Waals surface area (Å²) in [4.78, 5) is 23.1. The minimum atomic E-state index is -1.36. The van der Waals surface area contributed by atoms with Gasteiger partial charge in [0.15, 0.2) is 0 Å². The average Bonchev–Trinajstić information content (AvgIpc) is 2.85. The molecule has 0 aromatic heterocycles. The molecule has 0 amide bonds. The van der Waals surface area contributed by atoms with E-state index in [2.05, 4.69) is 6.92 Å². The Balaban J connectivity index is -0.000000722. The number of unbranched alkanes of at least 4 members (excludes halogenated alkanes) is 15. The predicted octanol–water partition coefficient (Wildman–Crippen LogP) is -4.81. The number of hydrogen-bond acceptors (Lipinski definition) is 6. The third-order valence-electron chi connectivity index (χ3n) is 5.68. The Morgan fingerprint density at radius 1 is 0.622 bits per heavy atom. The van der Waals surface area contributed by atoms with Crippen molar-refractivity contribution in [1.29, 1.82) is 0 Å². The van der Waals surface area contributed by atoms with Crippen LogP contribution in [0.15, 0.2) is 24.3 Å². The zero-order valence-electron chi connectivity index (χ0n) is 24.2. The van der Waals surface area contributed by atoms with Crippen LogP contribution < -0.4 is 104 Å². The molecule has 1 aromatic rings. The van der Waals surface area contributed by atoms with Crippen molar-refractivity contribution in [3.63, 3.8) is 0 Å². The Kier molecular flexibility index (Phi) is 42.8. The number of carbonyl (C=O) groups excluding carboxylic acids is 2. The van der Waals surface area contributed by atoms with E-state index in [0.29, 0.717) is 6.61 Å². The average molecular weight is 547 g/mol. The van der Waals surface area contributed by atoms with Crippen molar-refractivity contribution in [2.24, 2.45) is 0 Å². The number of ether oxygens (including phenoxy) is 1. The number of carbonyl (C=O) groups is 2. The number of hydrogen-bond donors (Lipinski definition) is 0. The van der Waals surface area contributed by atoms with Gasteiger partial charge in [-0.1, -0.05) is 121 Å². The van der Waals surface area contributed by atoms with Gasteiger partial charge in [-0.15, -0.1) is 0 Å². The maximum absolute atomic E-state index is 12.0. The van der Waals surface area contributed by atoms with Crippen molar-refractivity contribution >= 4 is 11.9 Å². The van der Waals surface area contributed by atoms with E-state index in [-0.39, 0.29) is 99.8 Å². The number of aromatic carboxylic acids is 1. The van der Waals surface area contributed by atoms with E-state index >= 15 is 0 Å². The summed E-state index contributed by atoms with van der Waals surface area (Å²) in [5.41, 5.74) is -0.0523. The predicted molar refractivity (Wildman–Crippen MR) is 130 cm³/mol. The van der Waals surface area contributed by atoms with Gasteiger partial charge in [0.2, 0.25) is 0 Å².